The Morgan fingerprint density at radius 3 is 2.23 bits per heavy atom. The van der Waals surface area contributed by atoms with Gasteiger partial charge in [0.2, 0.25) is 0 Å². The second kappa shape index (κ2) is 9.96. The molecular formula is C20H16N4O5S2. The number of nitro groups is 2. The van der Waals surface area contributed by atoms with Crippen LogP contribution >= 0.6 is 23.5 Å². The highest BCUT2D eigenvalue weighted by atomic mass is 32.2. The summed E-state index contributed by atoms with van der Waals surface area (Å²) in [6, 6.07) is 17.1. The number of nitro benzene ring substituents is 2. The van der Waals surface area contributed by atoms with Crippen LogP contribution in [0, 0.1) is 20.2 Å². The molecule has 0 spiro atoms. The number of thioether (sulfide) groups is 1. The summed E-state index contributed by atoms with van der Waals surface area (Å²) >= 11 is 2.62. The van der Waals surface area contributed by atoms with Gasteiger partial charge in [-0.25, -0.2) is 4.79 Å². The average Bonchev–Trinajstić information content (AvgIpc) is 2.75. The molecule has 0 aromatic heterocycles. The number of para-hydroxylation sites is 1. The molecule has 31 heavy (non-hydrogen) atoms. The Morgan fingerprint density at radius 1 is 0.871 bits per heavy atom. The van der Waals surface area contributed by atoms with Crippen LogP contribution in [0.25, 0.3) is 0 Å². The monoisotopic (exact) mass is 456 g/mol. The summed E-state index contributed by atoms with van der Waals surface area (Å²) in [4.78, 5) is 35.2. The number of rotatable bonds is 7. The third kappa shape index (κ3) is 5.74. The van der Waals surface area contributed by atoms with Gasteiger partial charge in [-0.3, -0.25) is 20.2 Å². The summed E-state index contributed by atoms with van der Waals surface area (Å²) in [5.41, 5.74) is 0.312. The van der Waals surface area contributed by atoms with Crippen LogP contribution in [0.3, 0.4) is 0 Å². The maximum absolute atomic E-state index is 12.4. The van der Waals surface area contributed by atoms with Crippen LogP contribution < -0.4 is 10.6 Å². The molecule has 11 heteroatoms. The van der Waals surface area contributed by atoms with Crippen molar-refractivity contribution in [3.63, 3.8) is 0 Å². The number of anilines is 2. The van der Waals surface area contributed by atoms with Crippen LogP contribution in [0.4, 0.5) is 27.5 Å². The van der Waals surface area contributed by atoms with Gasteiger partial charge in [0.15, 0.2) is 0 Å². The predicted molar refractivity (Wildman–Crippen MR) is 121 cm³/mol. The van der Waals surface area contributed by atoms with E-state index >= 15 is 0 Å². The normalized spacial score (nSPS) is 10.4. The Hall–Kier alpha value is -3.57. The lowest BCUT2D eigenvalue weighted by Gasteiger charge is -2.12. The summed E-state index contributed by atoms with van der Waals surface area (Å²) in [5.74, 6) is 0. The highest BCUT2D eigenvalue weighted by Gasteiger charge is 2.21. The molecule has 3 aromatic carbocycles. The summed E-state index contributed by atoms with van der Waals surface area (Å²) in [7, 11) is 0. The first-order valence-electron chi connectivity index (χ1n) is 8.79. The summed E-state index contributed by atoms with van der Waals surface area (Å²) in [6.07, 6.45) is 1.96. The Morgan fingerprint density at radius 2 is 1.58 bits per heavy atom. The first kappa shape index (κ1) is 22.1. The van der Waals surface area contributed by atoms with Crippen molar-refractivity contribution < 1.29 is 14.6 Å². The van der Waals surface area contributed by atoms with Crippen LogP contribution in [0.15, 0.2) is 81.4 Å². The molecule has 0 aliphatic rings. The number of carbonyl (C=O) groups excluding carboxylic acids is 1. The topological polar surface area (TPSA) is 127 Å². The standard InChI is InChI=1S/C20H16N4O5S2/c1-30-15-9-6-13(7-10-15)21-20(25)22-16-4-2-3-5-18(16)31-19-11-8-14(23(26)27)12-17(19)24(28)29/h2-12H,1H3,(H2,21,22,25). The molecule has 2 N–H and O–H groups in total. The van der Waals surface area contributed by atoms with E-state index in [-0.39, 0.29) is 16.3 Å². The molecule has 0 radical (unpaired) electrons. The van der Waals surface area contributed by atoms with Crippen LogP contribution in [-0.4, -0.2) is 22.1 Å². The van der Waals surface area contributed by atoms with Crippen LogP contribution in [-0.2, 0) is 0 Å². The molecule has 0 atom stereocenters. The summed E-state index contributed by atoms with van der Waals surface area (Å²) in [5, 5.41) is 27.8. The number of urea groups is 1. The second-order valence-corrected chi connectivity index (χ2v) is 8.04. The molecule has 0 saturated carbocycles. The minimum Gasteiger partial charge on any atom is -0.308 e. The van der Waals surface area contributed by atoms with Crippen LogP contribution in [0.1, 0.15) is 0 Å². The fourth-order valence-electron chi connectivity index (χ4n) is 2.58. The van der Waals surface area contributed by atoms with E-state index in [1.54, 1.807) is 48.2 Å². The van der Waals surface area contributed by atoms with Gasteiger partial charge in [0.05, 0.1) is 26.5 Å². The molecule has 158 valence electrons. The van der Waals surface area contributed by atoms with Crippen molar-refractivity contribution in [2.24, 2.45) is 0 Å². The first-order chi connectivity index (χ1) is 14.9. The Balaban J connectivity index is 1.79. The summed E-state index contributed by atoms with van der Waals surface area (Å²) < 4.78 is 0. The van der Waals surface area contributed by atoms with Gasteiger partial charge in [0.25, 0.3) is 11.4 Å². The van der Waals surface area contributed by atoms with E-state index in [0.717, 1.165) is 22.7 Å². The smallest absolute Gasteiger partial charge is 0.308 e. The molecule has 0 saturated heterocycles. The summed E-state index contributed by atoms with van der Waals surface area (Å²) in [6.45, 7) is 0. The lowest BCUT2D eigenvalue weighted by atomic mass is 10.3. The number of hydrogen-bond donors (Lipinski definition) is 2. The van der Waals surface area contributed by atoms with E-state index < -0.39 is 15.9 Å². The van der Waals surface area contributed by atoms with Gasteiger partial charge in [-0.05, 0) is 48.7 Å². The fourth-order valence-corrected chi connectivity index (χ4v) is 3.98. The highest BCUT2D eigenvalue weighted by Crippen LogP contribution is 2.39. The number of nitrogens with zero attached hydrogens (tertiary/aromatic N) is 2. The predicted octanol–water partition coefficient (Wildman–Crippen LogP) is 6.02. The Bertz CT molecular complexity index is 1140. The molecule has 0 aliphatic heterocycles. The Kier molecular flexibility index (Phi) is 7.11. The van der Waals surface area contributed by atoms with Crippen LogP contribution in [0.2, 0.25) is 0 Å². The maximum Gasteiger partial charge on any atom is 0.323 e. The molecule has 0 aliphatic carbocycles. The van der Waals surface area contributed by atoms with Crippen molar-refractivity contribution in [2.45, 2.75) is 14.7 Å². The third-order valence-corrected chi connectivity index (χ3v) is 5.94. The lowest BCUT2D eigenvalue weighted by molar-refractivity contribution is -0.396. The molecule has 9 nitrogen and oxygen atoms in total. The van der Waals surface area contributed by atoms with Gasteiger partial charge in [-0.15, -0.1) is 11.8 Å². The van der Waals surface area contributed by atoms with E-state index in [1.807, 2.05) is 18.4 Å². The zero-order valence-corrected chi connectivity index (χ0v) is 17.7. The largest absolute Gasteiger partial charge is 0.323 e. The van der Waals surface area contributed by atoms with Crippen molar-refractivity contribution >= 4 is 52.3 Å². The van der Waals surface area contributed by atoms with E-state index in [9.17, 15) is 25.0 Å². The van der Waals surface area contributed by atoms with Crippen molar-refractivity contribution in [3.8, 4) is 0 Å². The highest BCUT2D eigenvalue weighted by molar-refractivity contribution is 7.99. The molecule has 2 amide bonds. The van der Waals surface area contributed by atoms with E-state index in [1.165, 1.54) is 12.1 Å². The van der Waals surface area contributed by atoms with Gasteiger partial charge >= 0.3 is 6.03 Å². The minimum atomic E-state index is -0.687. The van der Waals surface area contributed by atoms with Gasteiger partial charge in [0.1, 0.15) is 0 Å². The number of nitrogens with one attached hydrogen (secondary N) is 2. The van der Waals surface area contributed by atoms with Crippen LogP contribution in [0.5, 0.6) is 0 Å². The molecule has 0 bridgehead atoms. The van der Waals surface area contributed by atoms with Crippen molar-refractivity contribution in [2.75, 3.05) is 16.9 Å². The second-order valence-electron chi connectivity index (χ2n) is 6.07. The number of non-ortho nitro benzene ring substituents is 1. The van der Waals surface area contributed by atoms with Gasteiger partial charge in [0, 0.05) is 21.5 Å². The third-order valence-electron chi connectivity index (χ3n) is 4.05. The molecular weight excluding hydrogens is 440 g/mol. The van der Waals surface area contributed by atoms with Crippen molar-refractivity contribution in [3.05, 3.63) is 87.0 Å². The average molecular weight is 457 g/mol. The number of amides is 2. The van der Waals surface area contributed by atoms with Gasteiger partial charge < -0.3 is 10.6 Å². The van der Waals surface area contributed by atoms with Crippen molar-refractivity contribution in [1.29, 1.82) is 0 Å². The molecule has 0 fully saturated rings. The minimum absolute atomic E-state index is 0.220. The first-order valence-corrected chi connectivity index (χ1v) is 10.8. The maximum atomic E-state index is 12.4. The van der Waals surface area contributed by atoms with E-state index in [0.29, 0.717) is 16.3 Å². The zero-order valence-electron chi connectivity index (χ0n) is 16.1. The molecule has 3 rings (SSSR count). The number of hydrogen-bond acceptors (Lipinski definition) is 7. The number of carbonyl (C=O) groups is 1. The van der Waals surface area contributed by atoms with E-state index in [2.05, 4.69) is 10.6 Å². The van der Waals surface area contributed by atoms with Gasteiger partial charge in [-0.2, -0.15) is 0 Å². The SMILES string of the molecule is CSc1ccc(NC(=O)Nc2ccccc2Sc2ccc([N+](=O)[O-])cc2[N+](=O)[O-])cc1. The molecule has 0 heterocycles. The lowest BCUT2D eigenvalue weighted by Crippen LogP contribution is -2.19. The quantitative estimate of drug-likeness (QED) is 0.253. The van der Waals surface area contributed by atoms with Crippen molar-refractivity contribution in [1.82, 2.24) is 0 Å². The molecule has 0 unspecified atom stereocenters. The Labute approximate surface area is 185 Å². The van der Waals surface area contributed by atoms with Gasteiger partial charge in [-0.1, -0.05) is 23.9 Å². The van der Waals surface area contributed by atoms with E-state index in [4.69, 9.17) is 0 Å². The number of benzene rings is 3. The fraction of sp³-hybridized carbons (Fsp3) is 0.0500. The molecule has 3 aromatic rings. The zero-order chi connectivity index (χ0) is 22.4.